The fourth-order valence-corrected chi connectivity index (χ4v) is 3.50. The lowest BCUT2D eigenvalue weighted by atomic mass is 10.2. The number of carbonyl (C=O) groups excluding carboxylic acids is 1. The number of carbonyl (C=O) groups is 1. The van der Waals surface area contributed by atoms with Crippen molar-refractivity contribution in [3.05, 3.63) is 35.1 Å². The van der Waals surface area contributed by atoms with Gasteiger partial charge in [0.25, 0.3) is 0 Å². The second-order valence-corrected chi connectivity index (χ2v) is 7.08. The van der Waals surface area contributed by atoms with E-state index < -0.39 is 0 Å². The number of amides is 1. The summed E-state index contributed by atoms with van der Waals surface area (Å²) < 4.78 is 7.31. The monoisotopic (exact) mass is 366 g/mol. The molecule has 1 aliphatic heterocycles. The average molecular weight is 367 g/mol. The van der Waals surface area contributed by atoms with E-state index in [1.807, 2.05) is 41.5 Å². The van der Waals surface area contributed by atoms with E-state index in [2.05, 4.69) is 10.2 Å². The van der Waals surface area contributed by atoms with Crippen LogP contribution >= 0.6 is 23.4 Å². The Morgan fingerprint density at radius 2 is 2.33 bits per heavy atom. The zero-order valence-corrected chi connectivity index (χ0v) is 15.2. The quantitative estimate of drug-likeness (QED) is 0.778. The van der Waals surface area contributed by atoms with E-state index in [4.69, 9.17) is 16.3 Å². The van der Waals surface area contributed by atoms with Crippen molar-refractivity contribution in [3.8, 4) is 5.69 Å². The van der Waals surface area contributed by atoms with Crippen LogP contribution in [0.25, 0.3) is 5.69 Å². The first-order chi connectivity index (χ1) is 11.5. The van der Waals surface area contributed by atoms with Crippen molar-refractivity contribution in [2.75, 3.05) is 25.4 Å². The molecule has 128 valence electrons. The predicted molar refractivity (Wildman–Crippen MR) is 93.8 cm³/mol. The lowest BCUT2D eigenvalue weighted by molar-refractivity contribution is -0.135. The Balaban J connectivity index is 1.67. The zero-order chi connectivity index (χ0) is 17.1. The molecular formula is C16H19ClN4O2S. The largest absolute Gasteiger partial charge is 0.375 e. The number of hydrogen-bond donors (Lipinski definition) is 0. The summed E-state index contributed by atoms with van der Waals surface area (Å²) in [6.07, 6.45) is 1.72. The molecule has 1 aromatic carbocycles. The summed E-state index contributed by atoms with van der Waals surface area (Å²) >= 11 is 7.57. The molecule has 24 heavy (non-hydrogen) atoms. The summed E-state index contributed by atoms with van der Waals surface area (Å²) in [7, 11) is 0. The standard InChI is InChI=1S/C16H19ClN4O2S/c1-11-3-4-13(7-14(11)17)21-10-18-19-16(21)24-9-15(22)20-5-6-23-12(2)8-20/h3-4,7,10,12H,5-6,8-9H2,1-2H3/t12-/m0/s1. The summed E-state index contributed by atoms with van der Waals surface area (Å²) in [5.41, 5.74) is 1.89. The first kappa shape index (κ1) is 17.3. The SMILES string of the molecule is Cc1ccc(-n2cnnc2SCC(=O)N2CCO[C@@H](C)C2)cc1Cl. The van der Waals surface area contributed by atoms with Gasteiger partial charge in [0.15, 0.2) is 5.16 Å². The maximum Gasteiger partial charge on any atom is 0.233 e. The third kappa shape index (κ3) is 3.91. The second kappa shape index (κ2) is 7.55. The van der Waals surface area contributed by atoms with Gasteiger partial charge in [0.2, 0.25) is 5.91 Å². The normalized spacial score (nSPS) is 18.0. The second-order valence-electron chi connectivity index (χ2n) is 5.73. The summed E-state index contributed by atoms with van der Waals surface area (Å²) in [6, 6.07) is 5.78. The van der Waals surface area contributed by atoms with Gasteiger partial charge in [0, 0.05) is 18.1 Å². The van der Waals surface area contributed by atoms with Gasteiger partial charge < -0.3 is 9.64 Å². The first-order valence-corrected chi connectivity index (χ1v) is 9.09. The van der Waals surface area contributed by atoms with Crippen LogP contribution in [0.15, 0.2) is 29.7 Å². The van der Waals surface area contributed by atoms with E-state index in [1.165, 1.54) is 11.8 Å². The molecule has 8 heteroatoms. The van der Waals surface area contributed by atoms with Crippen LogP contribution < -0.4 is 0 Å². The van der Waals surface area contributed by atoms with Crippen LogP contribution in [0.3, 0.4) is 0 Å². The van der Waals surface area contributed by atoms with Crippen LogP contribution in [0.1, 0.15) is 12.5 Å². The zero-order valence-electron chi connectivity index (χ0n) is 13.6. The Kier molecular flexibility index (Phi) is 5.43. The van der Waals surface area contributed by atoms with Gasteiger partial charge in [-0.15, -0.1) is 10.2 Å². The summed E-state index contributed by atoms with van der Waals surface area (Å²) in [4.78, 5) is 14.2. The van der Waals surface area contributed by atoms with E-state index in [0.717, 1.165) is 11.3 Å². The third-order valence-corrected chi connectivity index (χ3v) is 5.20. The summed E-state index contributed by atoms with van der Waals surface area (Å²) in [5.74, 6) is 0.414. The van der Waals surface area contributed by atoms with Crippen LogP contribution in [0.5, 0.6) is 0 Å². The van der Waals surface area contributed by atoms with E-state index >= 15 is 0 Å². The molecule has 6 nitrogen and oxygen atoms in total. The highest BCUT2D eigenvalue weighted by Gasteiger charge is 2.22. The Morgan fingerprint density at radius 1 is 1.50 bits per heavy atom. The molecule has 1 aromatic heterocycles. The molecule has 0 unspecified atom stereocenters. The molecule has 3 rings (SSSR count). The number of halogens is 1. The molecular weight excluding hydrogens is 348 g/mol. The van der Waals surface area contributed by atoms with E-state index in [1.54, 1.807) is 6.33 Å². The molecule has 2 heterocycles. The Hall–Kier alpha value is -1.57. The highest BCUT2D eigenvalue weighted by Crippen LogP contribution is 2.24. The topological polar surface area (TPSA) is 60.2 Å². The molecule has 0 saturated carbocycles. The lowest BCUT2D eigenvalue weighted by Gasteiger charge is -2.31. The fourth-order valence-electron chi connectivity index (χ4n) is 2.49. The van der Waals surface area contributed by atoms with Gasteiger partial charge in [-0.25, -0.2) is 0 Å². The number of morpholine rings is 1. The van der Waals surface area contributed by atoms with E-state index in [0.29, 0.717) is 35.6 Å². The highest BCUT2D eigenvalue weighted by atomic mass is 35.5. The van der Waals surface area contributed by atoms with Gasteiger partial charge in [0.05, 0.1) is 24.2 Å². The fraction of sp³-hybridized carbons (Fsp3) is 0.438. The number of thioether (sulfide) groups is 1. The van der Waals surface area contributed by atoms with Gasteiger partial charge in [-0.1, -0.05) is 29.4 Å². The molecule has 0 aliphatic carbocycles. The highest BCUT2D eigenvalue weighted by molar-refractivity contribution is 7.99. The maximum absolute atomic E-state index is 12.4. The Labute approximate surface area is 150 Å². The smallest absolute Gasteiger partial charge is 0.233 e. The molecule has 0 radical (unpaired) electrons. The molecule has 1 amide bonds. The molecule has 2 aromatic rings. The van der Waals surface area contributed by atoms with Gasteiger partial charge >= 0.3 is 0 Å². The number of aromatic nitrogens is 3. The van der Waals surface area contributed by atoms with Crippen molar-refractivity contribution in [2.24, 2.45) is 0 Å². The predicted octanol–water partition coefficient (Wildman–Crippen LogP) is 2.57. The molecule has 1 aliphatic rings. The van der Waals surface area contributed by atoms with Crippen molar-refractivity contribution in [1.82, 2.24) is 19.7 Å². The van der Waals surface area contributed by atoms with Gasteiger partial charge in [-0.3, -0.25) is 9.36 Å². The molecule has 1 saturated heterocycles. The van der Waals surface area contributed by atoms with Gasteiger partial charge in [0.1, 0.15) is 6.33 Å². The maximum atomic E-state index is 12.4. The summed E-state index contributed by atoms with van der Waals surface area (Å²) in [6.45, 7) is 5.81. The minimum absolute atomic E-state index is 0.0889. The minimum Gasteiger partial charge on any atom is -0.375 e. The van der Waals surface area contributed by atoms with Crippen LogP contribution in [-0.2, 0) is 9.53 Å². The minimum atomic E-state index is 0.0889. The van der Waals surface area contributed by atoms with Crippen molar-refractivity contribution in [2.45, 2.75) is 25.1 Å². The van der Waals surface area contributed by atoms with Gasteiger partial charge in [-0.05, 0) is 31.5 Å². The number of aryl methyl sites for hydroxylation is 1. The number of nitrogens with zero attached hydrogens (tertiary/aromatic N) is 4. The van der Waals surface area contributed by atoms with Crippen molar-refractivity contribution in [3.63, 3.8) is 0 Å². The van der Waals surface area contributed by atoms with Crippen molar-refractivity contribution < 1.29 is 9.53 Å². The molecule has 1 atom stereocenters. The average Bonchev–Trinajstić information content (AvgIpc) is 3.03. The molecule has 0 spiro atoms. The number of benzene rings is 1. The third-order valence-electron chi connectivity index (χ3n) is 3.87. The lowest BCUT2D eigenvalue weighted by Crippen LogP contribution is -2.45. The van der Waals surface area contributed by atoms with E-state index in [9.17, 15) is 4.79 Å². The van der Waals surface area contributed by atoms with Crippen LogP contribution in [-0.4, -0.2) is 57.1 Å². The summed E-state index contributed by atoms with van der Waals surface area (Å²) in [5, 5.41) is 9.43. The number of hydrogen-bond acceptors (Lipinski definition) is 5. The van der Waals surface area contributed by atoms with Crippen LogP contribution in [0.4, 0.5) is 0 Å². The number of ether oxygens (including phenoxy) is 1. The Bertz CT molecular complexity index is 737. The molecule has 0 N–H and O–H groups in total. The Morgan fingerprint density at radius 3 is 3.08 bits per heavy atom. The van der Waals surface area contributed by atoms with Crippen molar-refractivity contribution in [1.29, 1.82) is 0 Å². The number of rotatable bonds is 4. The van der Waals surface area contributed by atoms with Crippen LogP contribution in [0, 0.1) is 6.92 Å². The van der Waals surface area contributed by atoms with Crippen LogP contribution in [0.2, 0.25) is 5.02 Å². The molecule has 1 fully saturated rings. The van der Waals surface area contributed by atoms with Gasteiger partial charge in [-0.2, -0.15) is 0 Å². The molecule has 0 bridgehead atoms. The first-order valence-electron chi connectivity index (χ1n) is 7.73. The van der Waals surface area contributed by atoms with Crippen molar-refractivity contribution >= 4 is 29.3 Å². The van der Waals surface area contributed by atoms with E-state index in [-0.39, 0.29) is 12.0 Å².